The molecule has 1 amide bonds. The molecule has 0 bridgehead atoms. The summed E-state index contributed by atoms with van der Waals surface area (Å²) in [6, 6.07) is 4.06. The van der Waals surface area contributed by atoms with Crippen molar-refractivity contribution in [2.24, 2.45) is 5.92 Å². The molecule has 0 aliphatic carbocycles. The molecule has 0 radical (unpaired) electrons. The molecule has 2 aliphatic heterocycles. The largest absolute Gasteiger partial charge is 0.418 e. The van der Waals surface area contributed by atoms with Crippen LogP contribution in [-0.2, 0) is 11.0 Å². The number of carbonyl (C=O) groups is 1. The number of hydrogen-bond acceptors (Lipinski definition) is 2. The van der Waals surface area contributed by atoms with Crippen molar-refractivity contribution in [2.75, 3.05) is 18.4 Å². The summed E-state index contributed by atoms with van der Waals surface area (Å²) in [5.41, 5.74) is -0.252. The lowest BCUT2D eigenvalue weighted by Gasteiger charge is -2.29. The van der Waals surface area contributed by atoms with Crippen LogP contribution in [0.15, 0.2) is 18.2 Å². The van der Waals surface area contributed by atoms with Gasteiger partial charge in [0.2, 0.25) is 5.91 Å². The van der Waals surface area contributed by atoms with Crippen LogP contribution in [0.3, 0.4) is 0 Å². The van der Waals surface area contributed by atoms with Crippen LogP contribution in [0.25, 0.3) is 0 Å². The fourth-order valence-electron chi connectivity index (χ4n) is 2.75. The van der Waals surface area contributed by atoms with E-state index >= 15 is 0 Å². The van der Waals surface area contributed by atoms with Gasteiger partial charge in [0.25, 0.3) is 0 Å². The lowest BCUT2D eigenvalue weighted by atomic mass is 9.83. The Hall–Kier alpha value is -1.56. The second-order valence-electron chi connectivity index (χ2n) is 4.63. The second kappa shape index (κ2) is 3.71. The first-order valence-corrected chi connectivity index (χ1v) is 5.70. The standard InChI is InChI=1S/C12H11F3N2O/c13-12(14,15)9-3-1-2-6-7-4-16-5-8(7)11(18)17-10(6)9/h1-3,7-8,16H,4-5H2,(H,17,18)/t7-,8+/m0/s1. The highest BCUT2D eigenvalue weighted by Crippen LogP contribution is 2.44. The Morgan fingerprint density at radius 3 is 2.61 bits per heavy atom. The van der Waals surface area contributed by atoms with Gasteiger partial charge < -0.3 is 10.6 Å². The minimum Gasteiger partial charge on any atom is -0.325 e. The average Bonchev–Trinajstić information content (AvgIpc) is 2.77. The van der Waals surface area contributed by atoms with E-state index in [0.717, 1.165) is 6.07 Å². The molecular formula is C12H11F3N2O. The number of alkyl halides is 3. The normalized spacial score (nSPS) is 26.5. The van der Waals surface area contributed by atoms with E-state index in [9.17, 15) is 18.0 Å². The van der Waals surface area contributed by atoms with Gasteiger partial charge in [0.05, 0.1) is 17.2 Å². The highest BCUT2D eigenvalue weighted by Gasteiger charge is 2.43. The molecule has 96 valence electrons. The number of benzene rings is 1. The van der Waals surface area contributed by atoms with Crippen molar-refractivity contribution >= 4 is 11.6 Å². The minimum atomic E-state index is -4.45. The number of rotatable bonds is 0. The quantitative estimate of drug-likeness (QED) is 0.745. The highest BCUT2D eigenvalue weighted by molar-refractivity contribution is 5.98. The van der Waals surface area contributed by atoms with Crippen LogP contribution < -0.4 is 10.6 Å². The van der Waals surface area contributed by atoms with Crippen LogP contribution in [0.4, 0.5) is 18.9 Å². The summed E-state index contributed by atoms with van der Waals surface area (Å²) in [6.45, 7) is 1.07. The zero-order chi connectivity index (χ0) is 12.9. The monoisotopic (exact) mass is 256 g/mol. The van der Waals surface area contributed by atoms with Crippen LogP contribution in [0, 0.1) is 5.92 Å². The number of hydrogen-bond donors (Lipinski definition) is 2. The third-order valence-corrected chi connectivity index (χ3v) is 3.60. The molecule has 2 heterocycles. The molecule has 1 aromatic rings. The maximum atomic E-state index is 12.9. The molecule has 2 aliphatic rings. The van der Waals surface area contributed by atoms with E-state index in [2.05, 4.69) is 10.6 Å². The Bertz CT molecular complexity index is 513. The highest BCUT2D eigenvalue weighted by atomic mass is 19.4. The van der Waals surface area contributed by atoms with Gasteiger partial charge in [-0.2, -0.15) is 13.2 Å². The predicted octanol–water partition coefficient (Wildman–Crippen LogP) is 1.96. The van der Waals surface area contributed by atoms with Crippen molar-refractivity contribution in [3.63, 3.8) is 0 Å². The molecule has 0 saturated carbocycles. The van der Waals surface area contributed by atoms with Crippen molar-refractivity contribution in [3.8, 4) is 0 Å². The van der Waals surface area contributed by atoms with Crippen molar-refractivity contribution in [1.82, 2.24) is 5.32 Å². The zero-order valence-corrected chi connectivity index (χ0v) is 9.34. The van der Waals surface area contributed by atoms with Gasteiger partial charge in [-0.25, -0.2) is 0 Å². The Morgan fingerprint density at radius 1 is 1.17 bits per heavy atom. The molecule has 2 atom stereocenters. The summed E-state index contributed by atoms with van der Waals surface area (Å²) in [5.74, 6) is -0.744. The molecule has 3 nitrogen and oxygen atoms in total. The van der Waals surface area contributed by atoms with Gasteiger partial charge in [-0.3, -0.25) is 4.79 Å². The molecule has 2 N–H and O–H groups in total. The number of anilines is 1. The van der Waals surface area contributed by atoms with Crippen LogP contribution in [-0.4, -0.2) is 19.0 Å². The van der Waals surface area contributed by atoms with E-state index in [-0.39, 0.29) is 23.4 Å². The predicted molar refractivity (Wildman–Crippen MR) is 59.2 cm³/mol. The molecule has 0 unspecified atom stereocenters. The van der Waals surface area contributed by atoms with Crippen molar-refractivity contribution < 1.29 is 18.0 Å². The van der Waals surface area contributed by atoms with Gasteiger partial charge in [-0.05, 0) is 11.6 Å². The lowest BCUT2D eigenvalue weighted by molar-refractivity contribution is -0.137. The van der Waals surface area contributed by atoms with E-state index in [4.69, 9.17) is 0 Å². The summed E-state index contributed by atoms with van der Waals surface area (Å²) in [5, 5.41) is 5.46. The molecule has 1 saturated heterocycles. The van der Waals surface area contributed by atoms with E-state index in [0.29, 0.717) is 18.7 Å². The Balaban J connectivity index is 2.15. The van der Waals surface area contributed by atoms with Gasteiger partial charge in [0, 0.05) is 19.0 Å². The molecule has 3 rings (SSSR count). The first kappa shape index (κ1) is 11.5. The summed E-state index contributed by atoms with van der Waals surface area (Å²) >= 11 is 0. The van der Waals surface area contributed by atoms with E-state index in [1.165, 1.54) is 6.07 Å². The first-order chi connectivity index (χ1) is 8.48. The van der Waals surface area contributed by atoms with E-state index in [1.807, 2.05) is 0 Å². The van der Waals surface area contributed by atoms with Gasteiger partial charge in [0.15, 0.2) is 0 Å². The van der Waals surface area contributed by atoms with Crippen LogP contribution in [0.1, 0.15) is 17.0 Å². The zero-order valence-electron chi connectivity index (χ0n) is 9.34. The smallest absolute Gasteiger partial charge is 0.325 e. The Kier molecular flexibility index (Phi) is 2.38. The minimum absolute atomic E-state index is 0.0695. The van der Waals surface area contributed by atoms with Gasteiger partial charge in [-0.15, -0.1) is 0 Å². The molecule has 18 heavy (non-hydrogen) atoms. The third-order valence-electron chi connectivity index (χ3n) is 3.60. The number of para-hydroxylation sites is 1. The molecular weight excluding hydrogens is 245 g/mol. The molecule has 1 fully saturated rings. The van der Waals surface area contributed by atoms with Crippen LogP contribution in [0.2, 0.25) is 0 Å². The summed E-state index contributed by atoms with van der Waals surface area (Å²) in [6.07, 6.45) is -4.45. The fraction of sp³-hybridized carbons (Fsp3) is 0.417. The number of halogens is 3. The molecule has 0 spiro atoms. The maximum Gasteiger partial charge on any atom is 0.418 e. The van der Waals surface area contributed by atoms with E-state index < -0.39 is 11.7 Å². The van der Waals surface area contributed by atoms with Crippen molar-refractivity contribution in [3.05, 3.63) is 29.3 Å². The van der Waals surface area contributed by atoms with Crippen LogP contribution >= 0.6 is 0 Å². The lowest BCUT2D eigenvalue weighted by Crippen LogP contribution is -2.34. The third kappa shape index (κ3) is 1.59. The number of nitrogens with one attached hydrogen (secondary N) is 2. The summed E-state index contributed by atoms with van der Waals surface area (Å²) in [4.78, 5) is 11.8. The number of carbonyl (C=O) groups excluding carboxylic acids is 1. The number of amides is 1. The van der Waals surface area contributed by atoms with Crippen LogP contribution in [0.5, 0.6) is 0 Å². The average molecular weight is 256 g/mol. The first-order valence-electron chi connectivity index (χ1n) is 5.70. The van der Waals surface area contributed by atoms with Gasteiger partial charge in [0.1, 0.15) is 0 Å². The van der Waals surface area contributed by atoms with Gasteiger partial charge in [-0.1, -0.05) is 12.1 Å². The fourth-order valence-corrected chi connectivity index (χ4v) is 2.75. The van der Waals surface area contributed by atoms with Gasteiger partial charge >= 0.3 is 6.18 Å². The van der Waals surface area contributed by atoms with Crippen molar-refractivity contribution in [2.45, 2.75) is 12.1 Å². The summed E-state index contributed by atoms with van der Waals surface area (Å²) in [7, 11) is 0. The SMILES string of the molecule is O=C1Nc2c(cccc2C(F)(F)F)[C@@H]2CNC[C@@H]12. The Labute approximate surface area is 101 Å². The molecule has 0 aromatic heterocycles. The number of fused-ring (bicyclic) bond motifs is 3. The maximum absolute atomic E-state index is 12.9. The molecule has 1 aromatic carbocycles. The van der Waals surface area contributed by atoms with E-state index in [1.54, 1.807) is 6.07 Å². The molecule has 6 heteroatoms. The second-order valence-corrected chi connectivity index (χ2v) is 4.63. The van der Waals surface area contributed by atoms with Crippen molar-refractivity contribution in [1.29, 1.82) is 0 Å². The summed E-state index contributed by atoms with van der Waals surface area (Å²) < 4.78 is 38.6. The topological polar surface area (TPSA) is 41.1 Å². The Morgan fingerprint density at radius 2 is 1.89 bits per heavy atom.